The number of aliphatic imine (C=N–C) groups is 1. The highest BCUT2D eigenvalue weighted by molar-refractivity contribution is 5.85. The molecule has 0 atom stereocenters. The van der Waals surface area contributed by atoms with Crippen LogP contribution in [0.4, 0.5) is 0 Å². The SMILES string of the molecule is C=C(C)CNC(=NCC(=O)N(C)C)NCC1(c2ccccc2)CCCC1. The average molecular weight is 357 g/mol. The predicted octanol–water partition coefficient (Wildman–Crippen LogP) is 2.70. The molecule has 1 aliphatic carbocycles. The molecule has 1 aromatic carbocycles. The third-order valence-electron chi connectivity index (χ3n) is 4.97. The van der Waals surface area contributed by atoms with Crippen LogP contribution in [-0.2, 0) is 10.2 Å². The minimum absolute atomic E-state index is 0.0138. The molecule has 1 aromatic rings. The molecule has 0 aliphatic heterocycles. The topological polar surface area (TPSA) is 56.7 Å². The van der Waals surface area contributed by atoms with Crippen molar-refractivity contribution in [3.05, 3.63) is 48.0 Å². The quantitative estimate of drug-likeness (QED) is 0.449. The van der Waals surface area contributed by atoms with E-state index in [4.69, 9.17) is 0 Å². The van der Waals surface area contributed by atoms with Crippen molar-refractivity contribution >= 4 is 11.9 Å². The van der Waals surface area contributed by atoms with Gasteiger partial charge in [-0.3, -0.25) is 4.79 Å². The van der Waals surface area contributed by atoms with Gasteiger partial charge in [-0.2, -0.15) is 0 Å². The summed E-state index contributed by atoms with van der Waals surface area (Å²) in [6, 6.07) is 10.7. The fourth-order valence-electron chi connectivity index (χ4n) is 3.36. The van der Waals surface area contributed by atoms with Gasteiger partial charge in [-0.1, -0.05) is 55.3 Å². The molecule has 142 valence electrons. The second-order valence-corrected chi connectivity index (χ2v) is 7.47. The number of guanidine groups is 1. The molecule has 0 radical (unpaired) electrons. The van der Waals surface area contributed by atoms with E-state index in [9.17, 15) is 4.79 Å². The van der Waals surface area contributed by atoms with Crippen molar-refractivity contribution in [2.24, 2.45) is 4.99 Å². The van der Waals surface area contributed by atoms with Gasteiger partial charge in [0.15, 0.2) is 5.96 Å². The fraction of sp³-hybridized carbons (Fsp3) is 0.524. The summed E-state index contributed by atoms with van der Waals surface area (Å²) in [5.74, 6) is 0.658. The van der Waals surface area contributed by atoms with Crippen LogP contribution in [0, 0.1) is 0 Å². The number of rotatable bonds is 7. The van der Waals surface area contributed by atoms with Gasteiger partial charge in [-0.25, -0.2) is 4.99 Å². The summed E-state index contributed by atoms with van der Waals surface area (Å²) in [5.41, 5.74) is 2.55. The number of carbonyl (C=O) groups excluding carboxylic acids is 1. The summed E-state index contributed by atoms with van der Waals surface area (Å²) in [4.78, 5) is 17.9. The Morgan fingerprint density at radius 3 is 2.42 bits per heavy atom. The second kappa shape index (κ2) is 9.41. The first-order valence-electron chi connectivity index (χ1n) is 9.35. The number of carbonyl (C=O) groups is 1. The summed E-state index contributed by atoms with van der Waals surface area (Å²) in [7, 11) is 3.49. The first-order valence-corrected chi connectivity index (χ1v) is 9.35. The normalized spacial score (nSPS) is 16.2. The van der Waals surface area contributed by atoms with Gasteiger partial charge in [0.1, 0.15) is 6.54 Å². The van der Waals surface area contributed by atoms with Crippen molar-refractivity contribution in [2.45, 2.75) is 38.0 Å². The number of nitrogens with one attached hydrogen (secondary N) is 2. The molecule has 0 unspecified atom stereocenters. The van der Waals surface area contributed by atoms with E-state index >= 15 is 0 Å². The van der Waals surface area contributed by atoms with E-state index in [1.165, 1.54) is 31.2 Å². The van der Waals surface area contributed by atoms with Gasteiger partial charge in [0.2, 0.25) is 5.91 Å². The predicted molar refractivity (Wildman–Crippen MR) is 108 cm³/mol. The first-order chi connectivity index (χ1) is 12.4. The van der Waals surface area contributed by atoms with Gasteiger partial charge >= 0.3 is 0 Å². The monoisotopic (exact) mass is 356 g/mol. The molecule has 2 rings (SSSR count). The molecule has 1 aliphatic rings. The van der Waals surface area contributed by atoms with Crippen molar-refractivity contribution < 1.29 is 4.79 Å². The lowest BCUT2D eigenvalue weighted by atomic mass is 9.79. The Kier molecular flexibility index (Phi) is 7.25. The van der Waals surface area contributed by atoms with Crippen LogP contribution in [0.15, 0.2) is 47.5 Å². The molecule has 5 heteroatoms. The zero-order valence-electron chi connectivity index (χ0n) is 16.3. The maximum Gasteiger partial charge on any atom is 0.243 e. The summed E-state index contributed by atoms with van der Waals surface area (Å²) in [6.45, 7) is 7.49. The van der Waals surface area contributed by atoms with Crippen molar-refractivity contribution in [1.29, 1.82) is 0 Å². The van der Waals surface area contributed by atoms with E-state index in [1.807, 2.05) is 6.92 Å². The van der Waals surface area contributed by atoms with Gasteiger partial charge in [-0.05, 0) is 25.3 Å². The molecule has 5 nitrogen and oxygen atoms in total. The highest BCUT2D eigenvalue weighted by Crippen LogP contribution is 2.40. The lowest BCUT2D eigenvalue weighted by Crippen LogP contribution is -2.45. The Morgan fingerprint density at radius 1 is 1.19 bits per heavy atom. The van der Waals surface area contributed by atoms with Crippen molar-refractivity contribution in [2.75, 3.05) is 33.7 Å². The van der Waals surface area contributed by atoms with Crippen LogP contribution in [-0.4, -0.2) is 50.5 Å². The van der Waals surface area contributed by atoms with E-state index in [1.54, 1.807) is 19.0 Å². The lowest BCUT2D eigenvalue weighted by molar-refractivity contribution is -0.127. The molecule has 26 heavy (non-hydrogen) atoms. The van der Waals surface area contributed by atoms with Gasteiger partial charge in [0.05, 0.1) is 0 Å². The van der Waals surface area contributed by atoms with Gasteiger partial charge in [0, 0.05) is 32.6 Å². The Morgan fingerprint density at radius 2 is 1.85 bits per heavy atom. The van der Waals surface area contributed by atoms with E-state index in [0.29, 0.717) is 12.5 Å². The molecule has 1 saturated carbocycles. The molecule has 0 spiro atoms. The summed E-state index contributed by atoms with van der Waals surface area (Å²) >= 11 is 0. The molecule has 0 bridgehead atoms. The van der Waals surface area contributed by atoms with Gasteiger partial charge in [0.25, 0.3) is 0 Å². The van der Waals surface area contributed by atoms with E-state index < -0.39 is 0 Å². The Hall–Kier alpha value is -2.30. The summed E-state index contributed by atoms with van der Waals surface area (Å²) < 4.78 is 0. The first kappa shape index (κ1) is 20.0. The van der Waals surface area contributed by atoms with E-state index in [2.05, 4.69) is 52.5 Å². The molecular weight excluding hydrogens is 324 g/mol. The largest absolute Gasteiger partial charge is 0.355 e. The maximum atomic E-state index is 11.9. The highest BCUT2D eigenvalue weighted by Gasteiger charge is 2.35. The summed E-state index contributed by atoms with van der Waals surface area (Å²) in [5, 5.41) is 6.75. The maximum absolute atomic E-state index is 11.9. The third kappa shape index (κ3) is 5.61. The molecule has 0 aromatic heterocycles. The minimum Gasteiger partial charge on any atom is -0.355 e. The number of hydrogen-bond acceptors (Lipinski definition) is 2. The smallest absolute Gasteiger partial charge is 0.243 e. The third-order valence-corrected chi connectivity index (χ3v) is 4.97. The second-order valence-electron chi connectivity index (χ2n) is 7.47. The van der Waals surface area contributed by atoms with Crippen LogP contribution in [0.2, 0.25) is 0 Å². The van der Waals surface area contributed by atoms with Crippen LogP contribution in [0.1, 0.15) is 38.2 Å². The zero-order chi connectivity index (χ0) is 19.0. The van der Waals surface area contributed by atoms with E-state index in [0.717, 1.165) is 12.1 Å². The molecule has 1 fully saturated rings. The molecule has 0 heterocycles. The number of nitrogens with zero attached hydrogens (tertiary/aromatic N) is 2. The van der Waals surface area contributed by atoms with Crippen LogP contribution in [0.3, 0.4) is 0 Å². The van der Waals surface area contributed by atoms with Crippen LogP contribution < -0.4 is 10.6 Å². The van der Waals surface area contributed by atoms with Gasteiger partial charge in [-0.15, -0.1) is 0 Å². The number of benzene rings is 1. The van der Waals surface area contributed by atoms with Crippen LogP contribution in [0.5, 0.6) is 0 Å². The standard InChI is InChI=1S/C21H32N4O/c1-17(2)14-22-20(23-15-19(26)25(3)4)24-16-21(12-8-9-13-21)18-10-6-5-7-11-18/h5-7,10-11H,1,8-9,12-16H2,2-4H3,(H2,22,23,24). The molecule has 1 amide bonds. The Balaban J connectivity index is 2.09. The number of amides is 1. The van der Waals surface area contributed by atoms with Crippen molar-refractivity contribution in [1.82, 2.24) is 15.5 Å². The Bertz CT molecular complexity index is 631. The van der Waals surface area contributed by atoms with Crippen LogP contribution in [0.25, 0.3) is 0 Å². The number of hydrogen-bond donors (Lipinski definition) is 2. The van der Waals surface area contributed by atoms with Gasteiger partial charge < -0.3 is 15.5 Å². The lowest BCUT2D eigenvalue weighted by Gasteiger charge is -2.31. The highest BCUT2D eigenvalue weighted by atomic mass is 16.2. The zero-order valence-corrected chi connectivity index (χ0v) is 16.3. The van der Waals surface area contributed by atoms with Crippen molar-refractivity contribution in [3.63, 3.8) is 0 Å². The fourth-order valence-corrected chi connectivity index (χ4v) is 3.36. The minimum atomic E-state index is -0.0138. The molecule has 2 N–H and O–H groups in total. The van der Waals surface area contributed by atoms with E-state index in [-0.39, 0.29) is 17.9 Å². The molecular formula is C21H32N4O. The number of likely N-dealkylation sites (N-methyl/N-ethyl adjacent to an activating group) is 1. The average Bonchev–Trinajstić information content (AvgIpc) is 3.11. The molecule has 0 saturated heterocycles. The summed E-state index contributed by atoms with van der Waals surface area (Å²) in [6.07, 6.45) is 4.85. The van der Waals surface area contributed by atoms with Crippen molar-refractivity contribution in [3.8, 4) is 0 Å². The Labute approximate surface area is 157 Å². The van der Waals surface area contributed by atoms with Crippen LogP contribution >= 0.6 is 0 Å².